The lowest BCUT2D eigenvalue weighted by atomic mass is 9.83. The molecule has 2 saturated carbocycles. The second kappa shape index (κ2) is 17.5. The minimum Gasteiger partial charge on any atom is -0.492 e. The van der Waals surface area contributed by atoms with Gasteiger partial charge in [-0.05, 0) is 92.1 Å². The van der Waals surface area contributed by atoms with Gasteiger partial charge in [-0.25, -0.2) is 4.39 Å². The molecule has 6 rings (SSSR count). The zero-order valence-corrected chi connectivity index (χ0v) is 29.2. The van der Waals surface area contributed by atoms with Gasteiger partial charge in [-0.3, -0.25) is 14.5 Å². The fourth-order valence-corrected chi connectivity index (χ4v) is 7.95. The third-order valence-corrected chi connectivity index (χ3v) is 10.6. The van der Waals surface area contributed by atoms with E-state index in [1.165, 1.54) is 37.8 Å². The first-order valence-electron chi connectivity index (χ1n) is 18.1. The van der Waals surface area contributed by atoms with Crippen molar-refractivity contribution in [3.8, 4) is 5.75 Å². The molecule has 262 valence electrons. The van der Waals surface area contributed by atoms with Crippen LogP contribution in [0.3, 0.4) is 0 Å². The average Bonchev–Trinajstić information content (AvgIpc) is 3.65. The van der Waals surface area contributed by atoms with Crippen LogP contribution in [0.25, 0.3) is 0 Å². The third kappa shape index (κ3) is 9.83. The largest absolute Gasteiger partial charge is 0.492 e. The summed E-state index contributed by atoms with van der Waals surface area (Å²) in [5.74, 6) is 1.07. The molecule has 2 amide bonds. The molecule has 0 aromatic heterocycles. The number of carbonyl (C=O) groups is 2. The highest BCUT2D eigenvalue weighted by atomic mass is 35.5. The van der Waals surface area contributed by atoms with E-state index in [2.05, 4.69) is 4.90 Å². The summed E-state index contributed by atoms with van der Waals surface area (Å²) >= 11 is 6.44. The number of morpholine rings is 1. The lowest BCUT2D eigenvalue weighted by Gasteiger charge is -2.39. The van der Waals surface area contributed by atoms with Gasteiger partial charge in [0.2, 0.25) is 5.91 Å². The van der Waals surface area contributed by atoms with Crippen molar-refractivity contribution in [1.82, 2.24) is 4.90 Å². The molecule has 49 heavy (non-hydrogen) atoms. The Kier molecular flexibility index (Phi) is 12.6. The molecule has 7 nitrogen and oxygen atoms in total. The highest BCUT2D eigenvalue weighted by Crippen LogP contribution is 2.36. The summed E-state index contributed by atoms with van der Waals surface area (Å²) < 4.78 is 25.5. The minimum atomic E-state index is -0.382. The highest BCUT2D eigenvalue weighted by Gasteiger charge is 2.33. The van der Waals surface area contributed by atoms with E-state index in [4.69, 9.17) is 21.1 Å². The number of benzene rings is 3. The fraction of sp³-hybridized carbons (Fsp3) is 0.500. The standard InChI is InChI=1S/C40H49ClFN3O4/c41-33-9-4-12-37(27-33)45(39(46)19-14-30-6-1-2-7-30)36-11-3-8-31(26-36)29-44(40(47)32-15-17-34(42)18-16-32)35-10-5-13-38(28-35)49-25-22-43-20-23-48-24-21-43/h4-5,9-10,12-13,15-18,27-28,30-31,36H,1-3,6-8,11,14,19-26,29H2. The van der Waals surface area contributed by atoms with Gasteiger partial charge in [0, 0.05) is 66.7 Å². The number of rotatable bonds is 13. The maximum atomic E-state index is 14.1. The lowest BCUT2D eigenvalue weighted by Crippen LogP contribution is -2.45. The molecule has 1 heterocycles. The maximum Gasteiger partial charge on any atom is 0.258 e. The SMILES string of the molecule is O=C(c1ccc(F)cc1)N(CC1CCCC(N(C(=O)CCC2CCCC2)c2cccc(Cl)c2)C1)c1cccc(OCCN2CCOCC2)c1. The van der Waals surface area contributed by atoms with Gasteiger partial charge in [-0.2, -0.15) is 0 Å². The molecular formula is C40H49ClFN3O4. The van der Waals surface area contributed by atoms with Gasteiger partial charge >= 0.3 is 0 Å². The van der Waals surface area contributed by atoms with Crippen LogP contribution in [0.5, 0.6) is 5.75 Å². The summed E-state index contributed by atoms with van der Waals surface area (Å²) in [5, 5.41) is 0.613. The molecule has 2 unspecified atom stereocenters. The van der Waals surface area contributed by atoms with Gasteiger partial charge in [-0.15, -0.1) is 0 Å². The summed E-state index contributed by atoms with van der Waals surface area (Å²) in [7, 11) is 0. The Morgan fingerprint density at radius 1 is 0.878 bits per heavy atom. The first-order valence-corrected chi connectivity index (χ1v) is 18.5. The molecule has 0 bridgehead atoms. The zero-order valence-electron chi connectivity index (χ0n) is 28.4. The Hall–Kier alpha value is -3.46. The maximum absolute atomic E-state index is 14.1. The third-order valence-electron chi connectivity index (χ3n) is 10.4. The van der Waals surface area contributed by atoms with Gasteiger partial charge < -0.3 is 19.3 Å². The van der Waals surface area contributed by atoms with Crippen LogP contribution in [-0.4, -0.2) is 68.8 Å². The van der Waals surface area contributed by atoms with Crippen LogP contribution in [0.4, 0.5) is 15.8 Å². The van der Waals surface area contributed by atoms with E-state index >= 15 is 0 Å². The molecule has 3 aromatic carbocycles. The van der Waals surface area contributed by atoms with E-state index in [-0.39, 0.29) is 29.6 Å². The van der Waals surface area contributed by atoms with Crippen molar-refractivity contribution in [3.05, 3.63) is 89.2 Å². The van der Waals surface area contributed by atoms with Crippen molar-refractivity contribution in [2.24, 2.45) is 11.8 Å². The van der Waals surface area contributed by atoms with Crippen LogP contribution >= 0.6 is 11.6 Å². The quantitative estimate of drug-likeness (QED) is 0.180. The van der Waals surface area contributed by atoms with E-state index < -0.39 is 0 Å². The summed E-state index contributed by atoms with van der Waals surface area (Å²) in [5.41, 5.74) is 2.01. The van der Waals surface area contributed by atoms with Crippen molar-refractivity contribution in [3.63, 3.8) is 0 Å². The molecule has 1 aliphatic heterocycles. The monoisotopic (exact) mass is 689 g/mol. The molecule has 3 aliphatic rings. The summed E-state index contributed by atoms with van der Waals surface area (Å²) in [4.78, 5) is 34.2. The van der Waals surface area contributed by atoms with Crippen molar-refractivity contribution >= 4 is 34.8 Å². The molecule has 0 radical (unpaired) electrons. The molecule has 9 heteroatoms. The average molecular weight is 690 g/mol. The van der Waals surface area contributed by atoms with Gasteiger partial charge in [0.05, 0.1) is 13.2 Å². The number of hydrogen-bond donors (Lipinski definition) is 0. The molecule has 2 aliphatic carbocycles. The predicted molar refractivity (Wildman–Crippen MR) is 193 cm³/mol. The summed E-state index contributed by atoms with van der Waals surface area (Å²) in [6.45, 7) is 5.08. The first kappa shape index (κ1) is 35.4. The van der Waals surface area contributed by atoms with Crippen LogP contribution in [0.1, 0.15) is 74.6 Å². The molecule has 1 saturated heterocycles. The Morgan fingerprint density at radius 3 is 2.39 bits per heavy atom. The second-order valence-corrected chi connectivity index (χ2v) is 14.3. The summed E-state index contributed by atoms with van der Waals surface area (Å²) in [6.07, 6.45) is 9.98. The number of amides is 2. The van der Waals surface area contributed by atoms with Gasteiger partial charge in [0.25, 0.3) is 5.91 Å². The van der Waals surface area contributed by atoms with E-state index in [9.17, 15) is 14.0 Å². The van der Waals surface area contributed by atoms with Crippen molar-refractivity contribution in [1.29, 1.82) is 0 Å². The van der Waals surface area contributed by atoms with Crippen LogP contribution in [0.15, 0.2) is 72.8 Å². The molecule has 0 N–H and O–H groups in total. The van der Waals surface area contributed by atoms with Crippen LogP contribution in [0, 0.1) is 17.7 Å². The Bertz CT molecular complexity index is 1530. The van der Waals surface area contributed by atoms with Crippen molar-refractivity contribution < 1.29 is 23.5 Å². The summed E-state index contributed by atoms with van der Waals surface area (Å²) in [6, 6.07) is 21.1. The van der Waals surface area contributed by atoms with Gasteiger partial charge in [0.1, 0.15) is 18.2 Å². The van der Waals surface area contributed by atoms with E-state index in [0.29, 0.717) is 41.8 Å². The number of carbonyl (C=O) groups excluding carboxylic acids is 2. The number of hydrogen-bond acceptors (Lipinski definition) is 5. The number of nitrogens with zero attached hydrogens (tertiary/aromatic N) is 3. The zero-order chi connectivity index (χ0) is 34.0. The van der Waals surface area contributed by atoms with Crippen LogP contribution in [-0.2, 0) is 9.53 Å². The first-order chi connectivity index (χ1) is 23.9. The van der Waals surface area contributed by atoms with Gasteiger partial charge in [0.15, 0.2) is 0 Å². The normalized spacial score (nSPS) is 20.2. The lowest BCUT2D eigenvalue weighted by molar-refractivity contribution is -0.119. The number of halogens is 2. The number of anilines is 2. The van der Waals surface area contributed by atoms with E-state index in [1.807, 2.05) is 53.4 Å². The molecule has 0 spiro atoms. The fourth-order valence-electron chi connectivity index (χ4n) is 7.77. The molecule has 3 fully saturated rings. The van der Waals surface area contributed by atoms with E-state index in [0.717, 1.165) is 76.3 Å². The Balaban J connectivity index is 1.20. The smallest absolute Gasteiger partial charge is 0.258 e. The Morgan fingerprint density at radius 2 is 1.61 bits per heavy atom. The van der Waals surface area contributed by atoms with E-state index in [1.54, 1.807) is 17.0 Å². The molecular weight excluding hydrogens is 641 g/mol. The van der Waals surface area contributed by atoms with Crippen molar-refractivity contribution in [2.45, 2.75) is 70.3 Å². The minimum absolute atomic E-state index is 0.00548. The topological polar surface area (TPSA) is 62.3 Å². The van der Waals surface area contributed by atoms with Crippen molar-refractivity contribution in [2.75, 3.05) is 55.8 Å². The van der Waals surface area contributed by atoms with Crippen LogP contribution < -0.4 is 14.5 Å². The Labute approximate surface area is 295 Å². The highest BCUT2D eigenvalue weighted by molar-refractivity contribution is 6.30. The molecule has 3 aromatic rings. The number of ether oxygens (including phenoxy) is 2. The predicted octanol–water partition coefficient (Wildman–Crippen LogP) is 8.40. The molecule has 2 atom stereocenters. The van der Waals surface area contributed by atoms with Crippen LogP contribution in [0.2, 0.25) is 5.02 Å². The van der Waals surface area contributed by atoms with Gasteiger partial charge in [-0.1, -0.05) is 55.8 Å². The second-order valence-electron chi connectivity index (χ2n) is 13.8.